The average molecular weight is 220 g/mol. The zero-order chi connectivity index (χ0) is 11.2. The summed E-state index contributed by atoms with van der Waals surface area (Å²) in [6.45, 7) is 3.72. The second-order valence-electron chi connectivity index (χ2n) is 4.12. The first-order chi connectivity index (χ1) is 7.92. The zero-order valence-electron chi connectivity index (χ0n) is 9.83. The van der Waals surface area contributed by atoms with E-state index in [1.165, 1.54) is 11.1 Å². The van der Waals surface area contributed by atoms with Gasteiger partial charge in [0.25, 0.3) is 0 Å². The Labute approximate surface area is 97.2 Å². The van der Waals surface area contributed by atoms with Crippen molar-refractivity contribution < 1.29 is 4.74 Å². The number of ether oxygens (including phenoxy) is 1. The summed E-state index contributed by atoms with van der Waals surface area (Å²) in [7, 11) is 1.97. The lowest BCUT2D eigenvalue weighted by molar-refractivity contribution is 0.0427. The van der Waals surface area contributed by atoms with Gasteiger partial charge in [0, 0.05) is 19.6 Å². The van der Waals surface area contributed by atoms with Gasteiger partial charge in [0.15, 0.2) is 0 Å². The first-order valence-electron chi connectivity index (χ1n) is 5.96. The lowest BCUT2D eigenvalue weighted by Gasteiger charge is -2.26. The summed E-state index contributed by atoms with van der Waals surface area (Å²) in [4.78, 5) is 0. The van der Waals surface area contributed by atoms with E-state index in [2.05, 4.69) is 34.9 Å². The molecule has 3 nitrogen and oxygen atoms in total. The van der Waals surface area contributed by atoms with Gasteiger partial charge in [0.05, 0.1) is 12.7 Å². The summed E-state index contributed by atoms with van der Waals surface area (Å²) in [5.41, 5.74) is 2.79. The Bertz CT molecular complexity index is 327. The molecule has 1 unspecified atom stereocenters. The van der Waals surface area contributed by atoms with E-state index in [4.69, 9.17) is 4.74 Å². The average Bonchev–Trinajstić information content (AvgIpc) is 2.35. The quantitative estimate of drug-likeness (QED) is 0.729. The molecule has 0 saturated heterocycles. The van der Waals surface area contributed by atoms with Gasteiger partial charge in [0.2, 0.25) is 0 Å². The Morgan fingerprint density at radius 3 is 3.06 bits per heavy atom. The smallest absolute Gasteiger partial charge is 0.0952 e. The van der Waals surface area contributed by atoms with Gasteiger partial charge in [-0.1, -0.05) is 24.3 Å². The van der Waals surface area contributed by atoms with E-state index in [9.17, 15) is 0 Å². The Kier molecular flexibility index (Phi) is 4.34. The third-order valence-corrected chi connectivity index (χ3v) is 2.97. The van der Waals surface area contributed by atoms with Gasteiger partial charge in [-0.15, -0.1) is 0 Å². The van der Waals surface area contributed by atoms with Crippen LogP contribution in [0.3, 0.4) is 0 Å². The monoisotopic (exact) mass is 220 g/mol. The van der Waals surface area contributed by atoms with Gasteiger partial charge in [-0.3, -0.25) is 0 Å². The van der Waals surface area contributed by atoms with Gasteiger partial charge in [-0.05, 0) is 24.6 Å². The Balaban J connectivity index is 1.91. The summed E-state index contributed by atoms with van der Waals surface area (Å²) < 4.78 is 5.80. The fourth-order valence-electron chi connectivity index (χ4n) is 2.09. The van der Waals surface area contributed by atoms with Crippen LogP contribution in [0.25, 0.3) is 0 Å². The molecule has 88 valence electrons. The van der Waals surface area contributed by atoms with E-state index >= 15 is 0 Å². The van der Waals surface area contributed by atoms with Crippen LogP contribution in [0, 0.1) is 0 Å². The van der Waals surface area contributed by atoms with E-state index in [0.717, 1.165) is 32.7 Å². The molecule has 1 heterocycles. The number of nitrogens with one attached hydrogen (secondary N) is 2. The van der Waals surface area contributed by atoms with Crippen LogP contribution >= 0.6 is 0 Å². The highest BCUT2D eigenvalue weighted by Gasteiger charge is 2.19. The minimum Gasteiger partial charge on any atom is -0.372 e. The van der Waals surface area contributed by atoms with Crippen molar-refractivity contribution in [2.75, 3.05) is 33.3 Å². The van der Waals surface area contributed by atoms with E-state index in [0.29, 0.717) is 0 Å². The molecule has 1 aliphatic rings. The summed E-state index contributed by atoms with van der Waals surface area (Å²) in [6, 6.07) is 8.58. The highest BCUT2D eigenvalue weighted by Crippen LogP contribution is 2.25. The van der Waals surface area contributed by atoms with Crippen molar-refractivity contribution in [1.29, 1.82) is 0 Å². The molecule has 0 fully saturated rings. The van der Waals surface area contributed by atoms with Crippen LogP contribution in [-0.4, -0.2) is 33.3 Å². The first-order valence-corrected chi connectivity index (χ1v) is 5.96. The fourth-order valence-corrected chi connectivity index (χ4v) is 2.09. The van der Waals surface area contributed by atoms with Gasteiger partial charge in [0.1, 0.15) is 0 Å². The molecule has 0 bridgehead atoms. The summed E-state index contributed by atoms with van der Waals surface area (Å²) in [5.74, 6) is 0. The number of likely N-dealkylation sites (N-methyl/N-ethyl adjacent to an activating group) is 1. The second kappa shape index (κ2) is 5.99. The number of hydrogen-bond acceptors (Lipinski definition) is 3. The third kappa shape index (κ3) is 2.82. The fraction of sp³-hybridized carbons (Fsp3) is 0.538. The van der Waals surface area contributed by atoms with Gasteiger partial charge < -0.3 is 15.4 Å². The van der Waals surface area contributed by atoms with Crippen molar-refractivity contribution in [1.82, 2.24) is 10.6 Å². The molecule has 0 spiro atoms. The third-order valence-electron chi connectivity index (χ3n) is 2.97. The van der Waals surface area contributed by atoms with Crippen LogP contribution in [0.4, 0.5) is 0 Å². The highest BCUT2D eigenvalue weighted by molar-refractivity contribution is 5.31. The van der Waals surface area contributed by atoms with Crippen LogP contribution in [0.2, 0.25) is 0 Å². The maximum absolute atomic E-state index is 5.80. The predicted molar refractivity (Wildman–Crippen MR) is 65.6 cm³/mol. The van der Waals surface area contributed by atoms with Crippen LogP contribution < -0.4 is 10.6 Å². The Hall–Kier alpha value is -0.900. The zero-order valence-corrected chi connectivity index (χ0v) is 9.83. The second-order valence-corrected chi connectivity index (χ2v) is 4.12. The molecule has 2 N–H and O–H groups in total. The molecule has 1 atom stereocenters. The van der Waals surface area contributed by atoms with Crippen molar-refractivity contribution in [2.24, 2.45) is 0 Å². The number of fused-ring (bicyclic) bond motifs is 1. The lowest BCUT2D eigenvalue weighted by Crippen LogP contribution is -2.31. The molecule has 1 aliphatic heterocycles. The highest BCUT2D eigenvalue weighted by atomic mass is 16.5. The Morgan fingerprint density at radius 1 is 1.31 bits per heavy atom. The van der Waals surface area contributed by atoms with Crippen molar-refractivity contribution >= 4 is 0 Å². The summed E-state index contributed by atoms with van der Waals surface area (Å²) >= 11 is 0. The predicted octanol–water partition coefficient (Wildman–Crippen LogP) is 1.11. The topological polar surface area (TPSA) is 33.3 Å². The van der Waals surface area contributed by atoms with E-state index in [1.54, 1.807) is 0 Å². The van der Waals surface area contributed by atoms with Crippen LogP contribution in [-0.2, 0) is 11.2 Å². The van der Waals surface area contributed by atoms with Crippen molar-refractivity contribution in [3.05, 3.63) is 35.4 Å². The largest absolute Gasteiger partial charge is 0.372 e. The molecule has 0 aromatic heterocycles. The van der Waals surface area contributed by atoms with E-state index in [-0.39, 0.29) is 6.10 Å². The van der Waals surface area contributed by atoms with Crippen molar-refractivity contribution in [2.45, 2.75) is 12.5 Å². The standard InChI is InChI=1S/C13H20N2O/c1-14-7-8-15-10-13-12-5-3-2-4-11(12)6-9-16-13/h2-5,13-15H,6-10H2,1H3. The number of benzene rings is 1. The molecule has 0 saturated carbocycles. The van der Waals surface area contributed by atoms with Crippen LogP contribution in [0.15, 0.2) is 24.3 Å². The maximum atomic E-state index is 5.80. The lowest BCUT2D eigenvalue weighted by atomic mass is 9.97. The molecule has 16 heavy (non-hydrogen) atoms. The Morgan fingerprint density at radius 2 is 2.19 bits per heavy atom. The molecule has 0 aliphatic carbocycles. The minimum atomic E-state index is 0.224. The molecular formula is C13H20N2O. The van der Waals surface area contributed by atoms with Gasteiger partial charge in [-0.2, -0.15) is 0 Å². The van der Waals surface area contributed by atoms with E-state index < -0.39 is 0 Å². The molecular weight excluding hydrogens is 200 g/mol. The SMILES string of the molecule is CNCCNCC1OCCc2ccccc21. The molecule has 0 amide bonds. The first kappa shape index (κ1) is 11.6. The van der Waals surface area contributed by atoms with Gasteiger partial charge >= 0.3 is 0 Å². The van der Waals surface area contributed by atoms with Crippen LogP contribution in [0.1, 0.15) is 17.2 Å². The number of hydrogen-bond donors (Lipinski definition) is 2. The van der Waals surface area contributed by atoms with Crippen LogP contribution in [0.5, 0.6) is 0 Å². The molecule has 0 radical (unpaired) electrons. The summed E-state index contributed by atoms with van der Waals surface area (Å²) in [6.07, 6.45) is 1.27. The van der Waals surface area contributed by atoms with Gasteiger partial charge in [-0.25, -0.2) is 0 Å². The minimum absolute atomic E-state index is 0.224. The number of rotatable bonds is 5. The maximum Gasteiger partial charge on any atom is 0.0952 e. The normalized spacial score (nSPS) is 19.4. The van der Waals surface area contributed by atoms with E-state index in [1.807, 2.05) is 7.05 Å². The summed E-state index contributed by atoms with van der Waals surface area (Å²) in [5, 5.41) is 6.53. The van der Waals surface area contributed by atoms with Crippen molar-refractivity contribution in [3.63, 3.8) is 0 Å². The van der Waals surface area contributed by atoms with Crippen molar-refractivity contribution in [3.8, 4) is 0 Å². The molecule has 2 rings (SSSR count). The molecule has 1 aromatic carbocycles. The molecule has 1 aromatic rings. The molecule has 3 heteroatoms.